The molecule has 0 amide bonds. The van der Waals surface area contributed by atoms with Crippen molar-refractivity contribution >= 4 is 5.69 Å². The predicted molar refractivity (Wildman–Crippen MR) is 81.1 cm³/mol. The first kappa shape index (κ1) is 13.1. The van der Waals surface area contributed by atoms with E-state index in [0.717, 1.165) is 22.5 Å². The fourth-order valence-electron chi connectivity index (χ4n) is 2.06. The largest absolute Gasteiger partial charge is 0.504 e. The maximum atomic E-state index is 9.45. The number of imidazole rings is 1. The second kappa shape index (κ2) is 5.58. The zero-order valence-corrected chi connectivity index (χ0v) is 11.2. The molecular formula is C16H15N3O2. The number of aromatic hydroxyl groups is 2. The Morgan fingerprint density at radius 2 is 1.81 bits per heavy atom. The van der Waals surface area contributed by atoms with Gasteiger partial charge in [0.15, 0.2) is 11.5 Å². The lowest BCUT2D eigenvalue weighted by Crippen LogP contribution is -1.98. The summed E-state index contributed by atoms with van der Waals surface area (Å²) in [4.78, 5) is 7.06. The maximum absolute atomic E-state index is 9.45. The van der Waals surface area contributed by atoms with E-state index in [1.165, 1.54) is 6.07 Å². The molecule has 0 radical (unpaired) electrons. The highest BCUT2D eigenvalue weighted by atomic mass is 16.3. The summed E-state index contributed by atoms with van der Waals surface area (Å²) in [6, 6.07) is 12.8. The van der Waals surface area contributed by atoms with Gasteiger partial charge in [-0.25, -0.2) is 4.98 Å². The van der Waals surface area contributed by atoms with Crippen LogP contribution in [0.3, 0.4) is 0 Å². The monoisotopic (exact) mass is 281 g/mol. The lowest BCUT2D eigenvalue weighted by atomic mass is 10.1. The molecule has 5 heteroatoms. The highest BCUT2D eigenvalue weighted by Crippen LogP contribution is 2.25. The molecule has 106 valence electrons. The molecule has 0 unspecified atom stereocenters. The summed E-state index contributed by atoms with van der Waals surface area (Å²) in [5.74, 6) is -0.216. The highest BCUT2D eigenvalue weighted by molar-refractivity contribution is 5.62. The molecule has 0 saturated heterocycles. The Kier molecular flexibility index (Phi) is 3.47. The van der Waals surface area contributed by atoms with Gasteiger partial charge in [-0.15, -0.1) is 0 Å². The summed E-state index contributed by atoms with van der Waals surface area (Å²) < 4.78 is 0. The summed E-state index contributed by atoms with van der Waals surface area (Å²) in [7, 11) is 0. The van der Waals surface area contributed by atoms with Crippen molar-refractivity contribution in [1.82, 2.24) is 9.97 Å². The van der Waals surface area contributed by atoms with E-state index in [1.54, 1.807) is 24.7 Å². The van der Waals surface area contributed by atoms with Crippen molar-refractivity contribution in [2.24, 2.45) is 0 Å². The molecule has 0 spiro atoms. The normalized spacial score (nSPS) is 10.5. The van der Waals surface area contributed by atoms with Crippen LogP contribution in [0.4, 0.5) is 5.69 Å². The summed E-state index contributed by atoms with van der Waals surface area (Å²) in [6.07, 6.45) is 3.43. The van der Waals surface area contributed by atoms with Gasteiger partial charge >= 0.3 is 0 Å². The molecule has 0 fully saturated rings. The van der Waals surface area contributed by atoms with Crippen LogP contribution in [0.1, 0.15) is 5.56 Å². The fourth-order valence-corrected chi connectivity index (χ4v) is 2.06. The first-order valence-corrected chi connectivity index (χ1v) is 6.56. The fraction of sp³-hybridized carbons (Fsp3) is 0.0625. The van der Waals surface area contributed by atoms with Crippen molar-refractivity contribution in [2.75, 3.05) is 5.32 Å². The maximum Gasteiger partial charge on any atom is 0.157 e. The van der Waals surface area contributed by atoms with Crippen molar-refractivity contribution in [1.29, 1.82) is 0 Å². The van der Waals surface area contributed by atoms with E-state index in [2.05, 4.69) is 15.3 Å². The SMILES string of the molecule is Oc1ccc(CNc2ccc(-c3cnc[nH]3)cc2)cc1O. The summed E-state index contributed by atoms with van der Waals surface area (Å²) >= 11 is 0. The van der Waals surface area contributed by atoms with Crippen molar-refractivity contribution in [3.05, 3.63) is 60.6 Å². The average molecular weight is 281 g/mol. The number of H-pyrrole nitrogens is 1. The Bertz CT molecular complexity index is 722. The van der Waals surface area contributed by atoms with Crippen molar-refractivity contribution in [3.63, 3.8) is 0 Å². The minimum atomic E-state index is -0.109. The zero-order valence-electron chi connectivity index (χ0n) is 11.2. The molecule has 2 aromatic carbocycles. The number of nitrogens with zero attached hydrogens (tertiary/aromatic N) is 1. The smallest absolute Gasteiger partial charge is 0.157 e. The van der Waals surface area contributed by atoms with Gasteiger partial charge in [-0.05, 0) is 35.4 Å². The third-order valence-corrected chi connectivity index (χ3v) is 3.23. The van der Waals surface area contributed by atoms with Crippen LogP contribution in [0.15, 0.2) is 55.0 Å². The van der Waals surface area contributed by atoms with E-state index >= 15 is 0 Å². The standard InChI is InChI=1S/C16H15N3O2/c20-15-6-1-11(7-16(15)21)8-18-13-4-2-12(3-5-13)14-9-17-10-19-14/h1-7,9-10,18,20-21H,8H2,(H,17,19). The minimum absolute atomic E-state index is 0.108. The number of benzene rings is 2. The molecule has 0 aliphatic carbocycles. The van der Waals surface area contributed by atoms with Gasteiger partial charge in [-0.3, -0.25) is 0 Å². The lowest BCUT2D eigenvalue weighted by molar-refractivity contribution is 0.403. The number of hydrogen-bond donors (Lipinski definition) is 4. The van der Waals surface area contributed by atoms with Gasteiger partial charge in [-0.1, -0.05) is 18.2 Å². The summed E-state index contributed by atoms with van der Waals surface area (Å²) in [6.45, 7) is 0.567. The Hall–Kier alpha value is -2.95. The Morgan fingerprint density at radius 3 is 2.48 bits per heavy atom. The van der Waals surface area contributed by atoms with E-state index in [1.807, 2.05) is 24.3 Å². The third-order valence-electron chi connectivity index (χ3n) is 3.23. The Labute approximate surface area is 121 Å². The first-order valence-electron chi connectivity index (χ1n) is 6.56. The predicted octanol–water partition coefficient (Wildman–Crippen LogP) is 3.10. The van der Waals surface area contributed by atoms with Crippen LogP contribution in [-0.2, 0) is 6.54 Å². The molecule has 1 heterocycles. The quantitative estimate of drug-likeness (QED) is 0.554. The average Bonchev–Trinajstić information content (AvgIpc) is 3.03. The van der Waals surface area contributed by atoms with Gasteiger partial charge in [0.25, 0.3) is 0 Å². The second-order valence-corrected chi connectivity index (χ2v) is 4.72. The van der Waals surface area contributed by atoms with Gasteiger partial charge in [0.1, 0.15) is 0 Å². The number of hydrogen-bond acceptors (Lipinski definition) is 4. The van der Waals surface area contributed by atoms with E-state index in [4.69, 9.17) is 0 Å². The van der Waals surface area contributed by atoms with Crippen LogP contribution in [0.25, 0.3) is 11.3 Å². The molecule has 3 rings (SSSR count). The topological polar surface area (TPSA) is 81.2 Å². The molecule has 21 heavy (non-hydrogen) atoms. The van der Waals surface area contributed by atoms with Crippen molar-refractivity contribution in [3.8, 4) is 22.8 Å². The molecule has 0 atom stereocenters. The number of phenols is 2. The molecule has 5 nitrogen and oxygen atoms in total. The third kappa shape index (κ3) is 2.97. The van der Waals surface area contributed by atoms with Crippen LogP contribution in [-0.4, -0.2) is 20.2 Å². The van der Waals surface area contributed by atoms with Crippen LogP contribution in [0.2, 0.25) is 0 Å². The van der Waals surface area contributed by atoms with Gasteiger partial charge in [-0.2, -0.15) is 0 Å². The number of aromatic nitrogens is 2. The van der Waals surface area contributed by atoms with Crippen LogP contribution in [0, 0.1) is 0 Å². The number of aromatic amines is 1. The molecule has 3 aromatic rings. The van der Waals surface area contributed by atoms with Crippen LogP contribution >= 0.6 is 0 Å². The minimum Gasteiger partial charge on any atom is -0.504 e. The van der Waals surface area contributed by atoms with Crippen molar-refractivity contribution < 1.29 is 10.2 Å². The molecule has 0 aliphatic rings. The van der Waals surface area contributed by atoms with E-state index in [-0.39, 0.29) is 11.5 Å². The molecule has 0 bridgehead atoms. The van der Waals surface area contributed by atoms with E-state index in [0.29, 0.717) is 6.54 Å². The first-order chi connectivity index (χ1) is 10.2. The van der Waals surface area contributed by atoms with Crippen molar-refractivity contribution in [2.45, 2.75) is 6.54 Å². The molecule has 1 aromatic heterocycles. The highest BCUT2D eigenvalue weighted by Gasteiger charge is 2.02. The molecule has 4 N–H and O–H groups in total. The molecular weight excluding hydrogens is 266 g/mol. The van der Waals surface area contributed by atoms with Crippen LogP contribution in [0.5, 0.6) is 11.5 Å². The Balaban J connectivity index is 1.66. The Morgan fingerprint density at radius 1 is 1.00 bits per heavy atom. The van der Waals surface area contributed by atoms with Gasteiger partial charge in [0.2, 0.25) is 0 Å². The number of phenolic OH excluding ortho intramolecular Hbond substituents is 2. The van der Waals surface area contributed by atoms with Gasteiger partial charge in [0, 0.05) is 12.2 Å². The van der Waals surface area contributed by atoms with Gasteiger partial charge in [0.05, 0.1) is 18.2 Å². The number of anilines is 1. The van der Waals surface area contributed by atoms with Crippen LogP contribution < -0.4 is 5.32 Å². The van der Waals surface area contributed by atoms with E-state index in [9.17, 15) is 10.2 Å². The lowest BCUT2D eigenvalue weighted by Gasteiger charge is -2.08. The summed E-state index contributed by atoms with van der Waals surface area (Å²) in [5, 5.41) is 22.0. The second-order valence-electron chi connectivity index (χ2n) is 4.72. The zero-order chi connectivity index (χ0) is 14.7. The molecule has 0 aliphatic heterocycles. The molecule has 0 saturated carbocycles. The number of rotatable bonds is 4. The van der Waals surface area contributed by atoms with Gasteiger partial charge < -0.3 is 20.5 Å². The number of nitrogens with one attached hydrogen (secondary N) is 2. The van der Waals surface area contributed by atoms with E-state index < -0.39 is 0 Å². The summed E-state index contributed by atoms with van der Waals surface area (Å²) in [5.41, 5.74) is 3.92.